The van der Waals surface area contributed by atoms with Crippen LogP contribution in [0.3, 0.4) is 0 Å². The summed E-state index contributed by atoms with van der Waals surface area (Å²) in [6, 6.07) is 11.3. The summed E-state index contributed by atoms with van der Waals surface area (Å²) < 4.78 is 15.8. The van der Waals surface area contributed by atoms with E-state index >= 15 is 0 Å². The zero-order valence-electron chi connectivity index (χ0n) is 12.4. The summed E-state index contributed by atoms with van der Waals surface area (Å²) in [6.07, 6.45) is 5.43. The van der Waals surface area contributed by atoms with Crippen molar-refractivity contribution in [3.8, 4) is 12.3 Å². The molecular weight excluding hydrogens is 311 g/mol. The lowest BCUT2D eigenvalue weighted by Gasteiger charge is -2.00. The summed E-state index contributed by atoms with van der Waals surface area (Å²) in [4.78, 5) is 17.0. The van der Waals surface area contributed by atoms with Crippen LogP contribution in [-0.4, -0.2) is 10.5 Å². The monoisotopic (exact) mass is 324 g/mol. The zero-order chi connectivity index (χ0) is 16.4. The van der Waals surface area contributed by atoms with Crippen molar-refractivity contribution >= 4 is 27.5 Å². The number of nitrogens with zero attached hydrogens (tertiary/aromatic N) is 2. The lowest BCUT2D eigenvalue weighted by Crippen LogP contribution is -2.16. The van der Waals surface area contributed by atoms with E-state index in [4.69, 9.17) is 6.42 Å². The van der Waals surface area contributed by atoms with E-state index in [1.807, 2.05) is 29.7 Å². The lowest BCUT2D eigenvalue weighted by atomic mass is 10.2. The Hall–Kier alpha value is -2.71. The highest BCUT2D eigenvalue weighted by atomic mass is 32.1. The minimum absolute atomic E-state index is 0.332. The third-order valence-electron chi connectivity index (χ3n) is 3.38. The van der Waals surface area contributed by atoms with Crippen molar-refractivity contribution in [2.24, 2.45) is 4.99 Å². The van der Waals surface area contributed by atoms with Crippen LogP contribution in [0.2, 0.25) is 0 Å². The molecule has 23 heavy (non-hydrogen) atoms. The molecule has 0 saturated carbocycles. The lowest BCUT2D eigenvalue weighted by molar-refractivity contribution is 0.0998. The summed E-state index contributed by atoms with van der Waals surface area (Å²) in [7, 11) is 0. The van der Waals surface area contributed by atoms with Crippen LogP contribution in [0, 0.1) is 25.1 Å². The van der Waals surface area contributed by atoms with Crippen molar-refractivity contribution in [1.29, 1.82) is 0 Å². The van der Waals surface area contributed by atoms with Crippen molar-refractivity contribution in [3.63, 3.8) is 0 Å². The number of carbonyl (C=O) groups is 1. The largest absolute Gasteiger partial charge is 0.305 e. The van der Waals surface area contributed by atoms with Gasteiger partial charge in [-0.2, -0.15) is 4.99 Å². The Morgan fingerprint density at radius 1 is 1.30 bits per heavy atom. The van der Waals surface area contributed by atoms with Gasteiger partial charge in [-0.25, -0.2) is 4.39 Å². The third-order valence-corrected chi connectivity index (χ3v) is 4.42. The first-order chi connectivity index (χ1) is 11.1. The van der Waals surface area contributed by atoms with Crippen molar-refractivity contribution in [2.75, 3.05) is 0 Å². The zero-order valence-corrected chi connectivity index (χ0v) is 13.2. The minimum atomic E-state index is -0.418. The standard InChI is InChI=1S/C18H13FN2OS/c1-3-10-21-15-9-4-12(2)11-16(15)23-18(21)20-17(22)13-5-7-14(19)8-6-13/h1,4-9,11H,10H2,2H3. The molecule has 0 saturated heterocycles. The number of fused-ring (bicyclic) bond motifs is 1. The topological polar surface area (TPSA) is 34.4 Å². The van der Waals surface area contributed by atoms with Crippen LogP contribution in [0.1, 0.15) is 15.9 Å². The second kappa shape index (κ2) is 6.19. The number of terminal acetylenes is 1. The highest BCUT2D eigenvalue weighted by molar-refractivity contribution is 7.16. The molecule has 1 amide bonds. The first kappa shape index (κ1) is 15.2. The minimum Gasteiger partial charge on any atom is -0.305 e. The third kappa shape index (κ3) is 3.08. The second-order valence-electron chi connectivity index (χ2n) is 5.07. The van der Waals surface area contributed by atoms with Gasteiger partial charge in [-0.05, 0) is 48.9 Å². The molecule has 0 bridgehead atoms. The number of rotatable bonds is 2. The fourth-order valence-electron chi connectivity index (χ4n) is 2.25. The predicted molar refractivity (Wildman–Crippen MR) is 89.7 cm³/mol. The molecule has 3 aromatic rings. The number of benzene rings is 2. The Bertz CT molecular complexity index is 991. The number of hydrogen-bond acceptors (Lipinski definition) is 2. The van der Waals surface area contributed by atoms with Crippen molar-refractivity contribution in [2.45, 2.75) is 13.5 Å². The van der Waals surface area contributed by atoms with Gasteiger partial charge in [0.1, 0.15) is 5.82 Å². The molecule has 1 aromatic heterocycles. The number of aromatic nitrogens is 1. The Morgan fingerprint density at radius 2 is 2.04 bits per heavy atom. The highest BCUT2D eigenvalue weighted by Gasteiger charge is 2.09. The fourth-order valence-corrected chi connectivity index (χ4v) is 3.38. The van der Waals surface area contributed by atoms with Gasteiger partial charge < -0.3 is 4.57 Å². The molecule has 0 fully saturated rings. The smallest absolute Gasteiger partial charge is 0.279 e. The van der Waals surface area contributed by atoms with Crippen LogP contribution < -0.4 is 4.80 Å². The SMILES string of the molecule is C#CCn1c(=NC(=O)c2ccc(F)cc2)sc2cc(C)ccc21. The molecule has 114 valence electrons. The second-order valence-corrected chi connectivity index (χ2v) is 6.08. The Labute approximate surface area is 136 Å². The van der Waals surface area contributed by atoms with E-state index in [-0.39, 0.29) is 5.82 Å². The average Bonchev–Trinajstić information content (AvgIpc) is 2.85. The maximum Gasteiger partial charge on any atom is 0.279 e. The highest BCUT2D eigenvalue weighted by Crippen LogP contribution is 2.19. The molecule has 1 heterocycles. The number of thiazole rings is 1. The van der Waals surface area contributed by atoms with E-state index in [0.29, 0.717) is 16.9 Å². The van der Waals surface area contributed by atoms with Gasteiger partial charge in [0, 0.05) is 5.56 Å². The van der Waals surface area contributed by atoms with Gasteiger partial charge in [0.25, 0.3) is 5.91 Å². The molecule has 3 nitrogen and oxygen atoms in total. The predicted octanol–water partition coefficient (Wildman–Crippen LogP) is 3.52. The van der Waals surface area contributed by atoms with Gasteiger partial charge >= 0.3 is 0 Å². The van der Waals surface area contributed by atoms with Gasteiger partial charge in [0.15, 0.2) is 4.80 Å². The molecule has 2 aromatic carbocycles. The van der Waals surface area contributed by atoms with Crippen molar-refractivity contribution in [3.05, 3.63) is 64.2 Å². The summed E-state index contributed by atoms with van der Waals surface area (Å²) in [5, 5.41) is 0. The molecule has 0 aliphatic heterocycles. The molecule has 0 radical (unpaired) electrons. The number of aryl methyl sites for hydroxylation is 1. The molecule has 0 unspecified atom stereocenters. The van der Waals surface area contributed by atoms with Crippen LogP contribution >= 0.6 is 11.3 Å². The van der Waals surface area contributed by atoms with E-state index in [2.05, 4.69) is 10.9 Å². The maximum absolute atomic E-state index is 13.0. The van der Waals surface area contributed by atoms with Gasteiger partial charge in [-0.1, -0.05) is 23.3 Å². The molecule has 5 heteroatoms. The first-order valence-corrected chi connectivity index (χ1v) is 7.78. The molecule has 0 spiro atoms. The van der Waals surface area contributed by atoms with Crippen LogP contribution in [0.4, 0.5) is 4.39 Å². The van der Waals surface area contributed by atoms with Gasteiger partial charge in [-0.15, -0.1) is 6.42 Å². The summed E-state index contributed by atoms with van der Waals surface area (Å²) >= 11 is 1.41. The number of hydrogen-bond donors (Lipinski definition) is 0. The van der Waals surface area contributed by atoms with E-state index in [1.165, 1.54) is 35.6 Å². The van der Waals surface area contributed by atoms with Crippen molar-refractivity contribution in [1.82, 2.24) is 4.57 Å². The normalized spacial score (nSPS) is 11.6. The van der Waals surface area contributed by atoms with Crippen LogP contribution in [0.5, 0.6) is 0 Å². The molecule has 0 N–H and O–H groups in total. The summed E-state index contributed by atoms with van der Waals surface area (Å²) in [5.74, 6) is 1.78. The maximum atomic E-state index is 13.0. The van der Waals surface area contributed by atoms with Gasteiger partial charge in [0.05, 0.1) is 16.8 Å². The average molecular weight is 324 g/mol. The van der Waals surface area contributed by atoms with Gasteiger partial charge in [-0.3, -0.25) is 4.79 Å². The van der Waals surface area contributed by atoms with Crippen LogP contribution in [-0.2, 0) is 6.54 Å². The Balaban J connectivity index is 2.14. The number of halogens is 1. The summed E-state index contributed by atoms with van der Waals surface area (Å²) in [6.45, 7) is 2.34. The molecule has 0 aliphatic rings. The van der Waals surface area contributed by atoms with E-state index in [0.717, 1.165) is 15.8 Å². The van der Waals surface area contributed by atoms with Crippen molar-refractivity contribution < 1.29 is 9.18 Å². The fraction of sp³-hybridized carbons (Fsp3) is 0.111. The molecule has 0 aliphatic carbocycles. The summed E-state index contributed by atoms with van der Waals surface area (Å²) in [5.41, 5.74) is 2.42. The Kier molecular flexibility index (Phi) is 4.09. The number of carbonyl (C=O) groups excluding carboxylic acids is 1. The number of amides is 1. The van der Waals surface area contributed by atoms with E-state index in [9.17, 15) is 9.18 Å². The molecule has 3 rings (SSSR count). The van der Waals surface area contributed by atoms with Crippen LogP contribution in [0.15, 0.2) is 47.5 Å². The Morgan fingerprint density at radius 3 is 2.74 bits per heavy atom. The quantitative estimate of drug-likeness (QED) is 0.664. The van der Waals surface area contributed by atoms with E-state index < -0.39 is 5.91 Å². The van der Waals surface area contributed by atoms with E-state index in [1.54, 1.807) is 0 Å². The first-order valence-electron chi connectivity index (χ1n) is 6.96. The molecule has 0 atom stereocenters. The molecular formula is C18H13FN2OS. The van der Waals surface area contributed by atoms with Gasteiger partial charge in [0.2, 0.25) is 0 Å². The van der Waals surface area contributed by atoms with Crippen LogP contribution in [0.25, 0.3) is 10.2 Å².